The molecule has 0 atom stereocenters. The molecule has 0 aliphatic carbocycles. The van der Waals surface area contributed by atoms with E-state index in [1.807, 2.05) is 18.2 Å². The van der Waals surface area contributed by atoms with Crippen molar-refractivity contribution >= 4 is 46.3 Å². The van der Waals surface area contributed by atoms with Crippen molar-refractivity contribution in [2.24, 2.45) is 5.10 Å². The third-order valence-corrected chi connectivity index (χ3v) is 3.94. The molecule has 0 saturated carbocycles. The van der Waals surface area contributed by atoms with Crippen LogP contribution in [0.15, 0.2) is 53.6 Å². The molecule has 0 saturated heterocycles. The molecule has 0 unspecified atom stereocenters. The Bertz CT molecular complexity index is 748. The fraction of sp³-hybridized carbons (Fsp3) is 0.118. The van der Waals surface area contributed by atoms with E-state index in [0.717, 1.165) is 9.26 Å². The van der Waals surface area contributed by atoms with Crippen LogP contribution in [0.3, 0.4) is 0 Å². The number of carbonyl (C=O) groups excluding carboxylic acids is 2. The predicted octanol–water partition coefficient (Wildman–Crippen LogP) is 3.30. The average molecular weight is 439 g/mol. The molecular formula is C17H15FIN3O2. The van der Waals surface area contributed by atoms with Crippen molar-refractivity contribution in [2.75, 3.05) is 5.32 Å². The summed E-state index contributed by atoms with van der Waals surface area (Å²) in [6.45, 7) is 0. The minimum absolute atomic E-state index is 0.0238. The fourth-order valence-electron chi connectivity index (χ4n) is 1.79. The highest BCUT2D eigenvalue weighted by Gasteiger charge is 2.08. The maximum atomic E-state index is 12.7. The maximum absolute atomic E-state index is 12.7. The normalized spacial score (nSPS) is 10.6. The molecule has 2 aromatic carbocycles. The summed E-state index contributed by atoms with van der Waals surface area (Å²) in [6, 6.07) is 13.1. The molecule has 2 rings (SSSR count). The number of carbonyl (C=O) groups is 2. The lowest BCUT2D eigenvalue weighted by Gasteiger charge is -2.06. The minimum Gasteiger partial charge on any atom is -0.325 e. The third-order valence-electron chi connectivity index (χ3n) is 3.00. The summed E-state index contributed by atoms with van der Waals surface area (Å²) in [7, 11) is 0. The molecule has 0 aromatic heterocycles. The van der Waals surface area contributed by atoms with Gasteiger partial charge in [0.25, 0.3) is 0 Å². The van der Waals surface area contributed by atoms with E-state index >= 15 is 0 Å². The highest BCUT2D eigenvalue weighted by molar-refractivity contribution is 14.1. The predicted molar refractivity (Wildman–Crippen MR) is 99.2 cm³/mol. The Morgan fingerprint density at radius 1 is 1.04 bits per heavy atom. The first-order chi connectivity index (χ1) is 11.5. The van der Waals surface area contributed by atoms with Crippen LogP contribution < -0.4 is 10.7 Å². The first-order valence-corrected chi connectivity index (χ1v) is 8.24. The molecule has 0 fully saturated rings. The molecule has 0 spiro atoms. The van der Waals surface area contributed by atoms with E-state index in [1.54, 1.807) is 18.2 Å². The first-order valence-electron chi connectivity index (χ1n) is 7.16. The molecule has 0 aliphatic heterocycles. The minimum atomic E-state index is -0.369. The Morgan fingerprint density at radius 3 is 2.42 bits per heavy atom. The van der Waals surface area contributed by atoms with Gasteiger partial charge < -0.3 is 5.32 Å². The molecular weight excluding hydrogens is 424 g/mol. The van der Waals surface area contributed by atoms with E-state index in [2.05, 4.69) is 38.4 Å². The number of amides is 2. The van der Waals surface area contributed by atoms with E-state index in [4.69, 9.17) is 0 Å². The van der Waals surface area contributed by atoms with Crippen LogP contribution in [0.4, 0.5) is 10.1 Å². The molecule has 0 heterocycles. The van der Waals surface area contributed by atoms with Crippen LogP contribution in [0.2, 0.25) is 0 Å². The summed E-state index contributed by atoms with van der Waals surface area (Å²) < 4.78 is 13.7. The number of rotatable bonds is 6. The van der Waals surface area contributed by atoms with Gasteiger partial charge in [0, 0.05) is 16.4 Å². The lowest BCUT2D eigenvalue weighted by molar-refractivity contribution is -0.124. The molecule has 0 aliphatic rings. The molecule has 5 nitrogen and oxygen atoms in total. The fourth-order valence-corrected chi connectivity index (χ4v) is 2.31. The summed E-state index contributed by atoms with van der Waals surface area (Å²) in [4.78, 5) is 23.5. The Labute approximate surface area is 152 Å². The lowest BCUT2D eigenvalue weighted by Crippen LogP contribution is -2.20. The number of para-hydroxylation sites is 1. The van der Waals surface area contributed by atoms with Gasteiger partial charge in [-0.25, -0.2) is 9.82 Å². The van der Waals surface area contributed by atoms with E-state index in [-0.39, 0.29) is 30.5 Å². The second kappa shape index (κ2) is 9.11. The molecule has 7 heteroatoms. The molecule has 0 radical (unpaired) electrons. The average Bonchev–Trinajstić information content (AvgIpc) is 2.57. The van der Waals surface area contributed by atoms with Gasteiger partial charge in [0.2, 0.25) is 11.8 Å². The van der Waals surface area contributed by atoms with Gasteiger partial charge >= 0.3 is 0 Å². The quantitative estimate of drug-likeness (QED) is 0.412. The summed E-state index contributed by atoms with van der Waals surface area (Å²) in [5, 5.41) is 6.52. The topological polar surface area (TPSA) is 70.6 Å². The highest BCUT2D eigenvalue weighted by atomic mass is 127. The largest absolute Gasteiger partial charge is 0.325 e. The van der Waals surface area contributed by atoms with Crippen LogP contribution in [-0.2, 0) is 9.59 Å². The van der Waals surface area contributed by atoms with E-state index in [9.17, 15) is 14.0 Å². The number of nitrogens with one attached hydrogen (secondary N) is 2. The second-order valence-electron chi connectivity index (χ2n) is 4.87. The summed E-state index contributed by atoms with van der Waals surface area (Å²) >= 11 is 2.12. The maximum Gasteiger partial charge on any atom is 0.240 e. The molecule has 2 amide bonds. The van der Waals surface area contributed by atoms with Crippen LogP contribution in [0.25, 0.3) is 0 Å². The number of anilines is 1. The van der Waals surface area contributed by atoms with E-state index < -0.39 is 0 Å². The van der Waals surface area contributed by atoms with Crippen molar-refractivity contribution in [3.05, 3.63) is 63.5 Å². The van der Waals surface area contributed by atoms with Crippen molar-refractivity contribution in [1.29, 1.82) is 0 Å². The highest BCUT2D eigenvalue weighted by Crippen LogP contribution is 2.17. The van der Waals surface area contributed by atoms with Gasteiger partial charge in [0.15, 0.2) is 0 Å². The first kappa shape index (κ1) is 18.1. The zero-order valence-electron chi connectivity index (χ0n) is 12.6. The van der Waals surface area contributed by atoms with Crippen molar-refractivity contribution in [1.82, 2.24) is 5.43 Å². The Kier molecular flexibility index (Phi) is 6.86. The lowest BCUT2D eigenvalue weighted by atomic mass is 10.2. The number of halogens is 2. The van der Waals surface area contributed by atoms with E-state index in [0.29, 0.717) is 5.56 Å². The smallest absolute Gasteiger partial charge is 0.240 e. The summed E-state index contributed by atoms with van der Waals surface area (Å²) in [5.41, 5.74) is 3.71. The Hall–Kier alpha value is -2.29. The van der Waals surface area contributed by atoms with Gasteiger partial charge in [0.1, 0.15) is 5.82 Å². The molecule has 24 heavy (non-hydrogen) atoms. The van der Waals surface area contributed by atoms with Crippen molar-refractivity contribution in [3.8, 4) is 0 Å². The number of hydrogen-bond acceptors (Lipinski definition) is 3. The van der Waals surface area contributed by atoms with E-state index in [1.165, 1.54) is 18.3 Å². The van der Waals surface area contributed by atoms with Crippen LogP contribution in [0.5, 0.6) is 0 Å². The van der Waals surface area contributed by atoms with Gasteiger partial charge in [0.05, 0.1) is 11.9 Å². The molecule has 2 aromatic rings. The zero-order valence-corrected chi connectivity index (χ0v) is 14.8. The number of hydrazone groups is 1. The Balaban J connectivity index is 1.73. The van der Waals surface area contributed by atoms with Gasteiger partial charge in [-0.1, -0.05) is 24.3 Å². The van der Waals surface area contributed by atoms with Crippen molar-refractivity contribution < 1.29 is 14.0 Å². The zero-order chi connectivity index (χ0) is 17.4. The summed E-state index contributed by atoms with van der Waals surface area (Å²) in [5.74, 6) is -0.946. The van der Waals surface area contributed by atoms with Gasteiger partial charge in [-0.15, -0.1) is 0 Å². The molecule has 124 valence electrons. The third kappa shape index (κ3) is 6.07. The van der Waals surface area contributed by atoms with Crippen molar-refractivity contribution in [2.45, 2.75) is 12.8 Å². The Morgan fingerprint density at radius 2 is 1.71 bits per heavy atom. The van der Waals surface area contributed by atoms with Gasteiger partial charge in [-0.2, -0.15) is 5.10 Å². The molecule has 2 N–H and O–H groups in total. The van der Waals surface area contributed by atoms with Crippen LogP contribution in [-0.4, -0.2) is 18.0 Å². The monoisotopic (exact) mass is 439 g/mol. The number of hydrogen-bond donors (Lipinski definition) is 2. The van der Waals surface area contributed by atoms with Gasteiger partial charge in [-0.3, -0.25) is 9.59 Å². The SMILES string of the molecule is O=C(CCC(=O)Nc1ccccc1I)N/N=C/c1ccc(F)cc1. The second-order valence-corrected chi connectivity index (χ2v) is 6.03. The summed E-state index contributed by atoms with van der Waals surface area (Å²) in [6.07, 6.45) is 1.49. The van der Waals surface area contributed by atoms with Crippen LogP contribution in [0, 0.1) is 9.39 Å². The van der Waals surface area contributed by atoms with Crippen molar-refractivity contribution in [3.63, 3.8) is 0 Å². The van der Waals surface area contributed by atoms with Crippen LogP contribution >= 0.6 is 22.6 Å². The number of nitrogens with zero attached hydrogens (tertiary/aromatic N) is 1. The molecule has 0 bridgehead atoms. The van der Waals surface area contributed by atoms with Gasteiger partial charge in [-0.05, 0) is 52.4 Å². The standard InChI is InChI=1S/C17H15FIN3O2/c18-13-7-5-12(6-8-13)11-20-22-17(24)10-9-16(23)21-15-4-2-1-3-14(15)19/h1-8,11H,9-10H2,(H,21,23)(H,22,24)/b20-11+. The number of benzene rings is 2. The van der Waals surface area contributed by atoms with Crippen LogP contribution in [0.1, 0.15) is 18.4 Å².